The van der Waals surface area contributed by atoms with Crippen molar-refractivity contribution in [3.63, 3.8) is 0 Å². The van der Waals surface area contributed by atoms with Crippen LogP contribution in [0.25, 0.3) is 0 Å². The lowest BCUT2D eigenvalue weighted by Gasteiger charge is -2.31. The van der Waals surface area contributed by atoms with Gasteiger partial charge in [-0.15, -0.1) is 0 Å². The number of amides is 4. The van der Waals surface area contributed by atoms with Crippen molar-refractivity contribution < 1.29 is 27.6 Å². The molecule has 2 N–H and O–H groups in total. The maximum atomic E-state index is 13.6. The Labute approximate surface area is 166 Å². The van der Waals surface area contributed by atoms with Gasteiger partial charge in [-0.2, -0.15) is 13.2 Å². The minimum atomic E-state index is -4.58. The zero-order valence-corrected chi connectivity index (χ0v) is 16.2. The summed E-state index contributed by atoms with van der Waals surface area (Å²) in [5, 5.41) is 4.79. The number of hydrogen-bond donors (Lipinski definition) is 2. The quantitative estimate of drug-likeness (QED) is 0.745. The van der Waals surface area contributed by atoms with E-state index in [1.807, 2.05) is 0 Å². The van der Waals surface area contributed by atoms with Crippen molar-refractivity contribution in [2.24, 2.45) is 0 Å². The summed E-state index contributed by atoms with van der Waals surface area (Å²) in [6.07, 6.45) is -1.93. The van der Waals surface area contributed by atoms with E-state index in [2.05, 4.69) is 10.6 Å². The number of nitrogens with zero attached hydrogens (tertiary/aromatic N) is 2. The third kappa shape index (κ3) is 4.46. The molecule has 0 spiro atoms. The molecule has 0 unspecified atom stereocenters. The SMILES string of the molecule is CC1(C)NC(=O)N(CC(=O)Nc2ccc(N3CCCCC3)c(C(F)(F)F)c2)C1=O. The van der Waals surface area contributed by atoms with Crippen LogP contribution in [0.1, 0.15) is 38.7 Å². The van der Waals surface area contributed by atoms with Crippen LogP contribution in [0.2, 0.25) is 0 Å². The Hall–Kier alpha value is -2.78. The maximum absolute atomic E-state index is 13.6. The Morgan fingerprint density at radius 2 is 1.83 bits per heavy atom. The second-order valence-electron chi connectivity index (χ2n) is 7.77. The van der Waals surface area contributed by atoms with Crippen LogP contribution in [0.5, 0.6) is 0 Å². The molecule has 0 aliphatic carbocycles. The van der Waals surface area contributed by atoms with E-state index >= 15 is 0 Å². The van der Waals surface area contributed by atoms with Crippen LogP contribution in [-0.2, 0) is 15.8 Å². The molecule has 10 heteroatoms. The molecule has 0 saturated carbocycles. The van der Waals surface area contributed by atoms with Crippen LogP contribution >= 0.6 is 0 Å². The molecule has 1 aromatic carbocycles. The molecule has 2 heterocycles. The van der Waals surface area contributed by atoms with Crippen LogP contribution in [-0.4, -0.2) is 47.9 Å². The normalized spacial score (nSPS) is 19.3. The van der Waals surface area contributed by atoms with Gasteiger partial charge in [0.25, 0.3) is 5.91 Å². The van der Waals surface area contributed by atoms with Crippen molar-refractivity contribution in [3.8, 4) is 0 Å². The molecular weight excluding hydrogens is 389 g/mol. The summed E-state index contributed by atoms with van der Waals surface area (Å²) in [6.45, 7) is 3.52. The lowest BCUT2D eigenvalue weighted by molar-refractivity contribution is -0.137. The van der Waals surface area contributed by atoms with Crippen LogP contribution in [0.3, 0.4) is 0 Å². The molecule has 2 aliphatic rings. The van der Waals surface area contributed by atoms with Gasteiger partial charge in [-0.05, 0) is 51.3 Å². The van der Waals surface area contributed by atoms with Crippen molar-refractivity contribution in [1.29, 1.82) is 0 Å². The van der Waals surface area contributed by atoms with Crippen molar-refractivity contribution in [2.75, 3.05) is 29.9 Å². The van der Waals surface area contributed by atoms with Crippen LogP contribution in [0, 0.1) is 0 Å². The Morgan fingerprint density at radius 1 is 1.17 bits per heavy atom. The number of imide groups is 1. The van der Waals surface area contributed by atoms with Crippen LogP contribution in [0.15, 0.2) is 18.2 Å². The molecule has 2 aliphatic heterocycles. The summed E-state index contributed by atoms with van der Waals surface area (Å²) < 4.78 is 40.8. The van der Waals surface area contributed by atoms with Crippen LogP contribution < -0.4 is 15.5 Å². The molecule has 1 aromatic rings. The Morgan fingerprint density at radius 3 is 2.38 bits per heavy atom. The first-order chi connectivity index (χ1) is 13.5. The first-order valence-electron chi connectivity index (χ1n) is 9.39. The summed E-state index contributed by atoms with van der Waals surface area (Å²) in [5.41, 5.74) is -1.91. The molecule has 0 aromatic heterocycles. The fourth-order valence-electron chi connectivity index (χ4n) is 3.56. The lowest BCUT2D eigenvalue weighted by atomic mass is 10.1. The number of nitrogens with one attached hydrogen (secondary N) is 2. The Bertz CT molecular complexity index is 832. The number of urea groups is 1. The number of hydrogen-bond acceptors (Lipinski definition) is 4. The Kier molecular flexibility index (Phi) is 5.46. The third-order valence-electron chi connectivity index (χ3n) is 5.03. The van der Waals surface area contributed by atoms with Gasteiger partial charge in [0, 0.05) is 24.5 Å². The summed E-state index contributed by atoms with van der Waals surface area (Å²) in [4.78, 5) is 38.7. The number of alkyl halides is 3. The van der Waals surface area contributed by atoms with E-state index in [1.165, 1.54) is 26.0 Å². The summed E-state index contributed by atoms with van der Waals surface area (Å²) >= 11 is 0. The molecule has 0 atom stereocenters. The van der Waals surface area contributed by atoms with Gasteiger partial charge in [0.1, 0.15) is 12.1 Å². The molecule has 0 radical (unpaired) electrons. The highest BCUT2D eigenvalue weighted by atomic mass is 19.4. The predicted octanol–water partition coefficient (Wildman–Crippen LogP) is 2.96. The average Bonchev–Trinajstić information content (AvgIpc) is 2.83. The molecule has 4 amide bonds. The average molecular weight is 412 g/mol. The van der Waals surface area contributed by atoms with Gasteiger partial charge in [-0.25, -0.2) is 4.79 Å². The number of benzene rings is 1. The van der Waals surface area contributed by atoms with E-state index in [9.17, 15) is 27.6 Å². The zero-order chi connectivity index (χ0) is 21.4. The first-order valence-corrected chi connectivity index (χ1v) is 9.39. The number of piperidine rings is 1. The molecule has 0 bridgehead atoms. The van der Waals surface area contributed by atoms with Gasteiger partial charge in [-0.3, -0.25) is 14.5 Å². The van der Waals surface area contributed by atoms with Gasteiger partial charge in [-0.1, -0.05) is 0 Å². The monoisotopic (exact) mass is 412 g/mol. The highest BCUT2D eigenvalue weighted by Gasteiger charge is 2.45. The van der Waals surface area contributed by atoms with Crippen molar-refractivity contribution in [1.82, 2.24) is 10.2 Å². The maximum Gasteiger partial charge on any atom is 0.418 e. The number of carbonyl (C=O) groups excluding carboxylic acids is 3. The summed E-state index contributed by atoms with van der Waals surface area (Å²) in [7, 11) is 0. The first kappa shape index (κ1) is 20.9. The van der Waals surface area contributed by atoms with E-state index < -0.39 is 41.7 Å². The largest absolute Gasteiger partial charge is 0.418 e. The number of anilines is 2. The lowest BCUT2D eigenvalue weighted by Crippen LogP contribution is -2.41. The second kappa shape index (κ2) is 7.57. The van der Waals surface area contributed by atoms with Crippen molar-refractivity contribution >= 4 is 29.2 Å². The van der Waals surface area contributed by atoms with Gasteiger partial charge in [0.15, 0.2) is 0 Å². The van der Waals surface area contributed by atoms with E-state index in [1.54, 1.807) is 4.90 Å². The number of rotatable bonds is 4. The molecule has 158 valence electrons. The minimum absolute atomic E-state index is 0.0469. The molecule has 3 rings (SSSR count). The zero-order valence-electron chi connectivity index (χ0n) is 16.2. The summed E-state index contributed by atoms with van der Waals surface area (Å²) in [6, 6.07) is 2.91. The standard InChI is InChI=1S/C19H23F3N4O3/c1-18(2)16(28)26(17(29)24-18)11-15(27)23-12-6-7-14(13(10-12)19(20,21)22)25-8-4-3-5-9-25/h6-7,10H,3-5,8-9,11H2,1-2H3,(H,23,27)(H,24,29). The van der Waals surface area contributed by atoms with Crippen LogP contribution in [0.4, 0.5) is 29.3 Å². The fraction of sp³-hybridized carbons (Fsp3) is 0.526. The molecule has 2 fully saturated rings. The van der Waals surface area contributed by atoms with Gasteiger partial charge < -0.3 is 15.5 Å². The van der Waals surface area contributed by atoms with Gasteiger partial charge >= 0.3 is 12.2 Å². The van der Waals surface area contributed by atoms with E-state index in [-0.39, 0.29) is 11.4 Å². The second-order valence-corrected chi connectivity index (χ2v) is 7.77. The number of halogens is 3. The molecule has 7 nitrogen and oxygen atoms in total. The van der Waals surface area contributed by atoms with Gasteiger partial charge in [0.2, 0.25) is 5.91 Å². The van der Waals surface area contributed by atoms with Gasteiger partial charge in [0.05, 0.1) is 5.56 Å². The number of carbonyl (C=O) groups is 3. The molecule has 2 saturated heterocycles. The van der Waals surface area contributed by atoms with Crippen molar-refractivity contribution in [2.45, 2.75) is 44.8 Å². The topological polar surface area (TPSA) is 81.8 Å². The van der Waals surface area contributed by atoms with E-state index in [0.717, 1.165) is 30.2 Å². The van der Waals surface area contributed by atoms with Crippen molar-refractivity contribution in [3.05, 3.63) is 23.8 Å². The minimum Gasteiger partial charge on any atom is -0.371 e. The highest BCUT2D eigenvalue weighted by Crippen LogP contribution is 2.39. The molecular formula is C19H23F3N4O3. The smallest absolute Gasteiger partial charge is 0.371 e. The highest BCUT2D eigenvalue weighted by molar-refractivity contribution is 6.09. The predicted molar refractivity (Wildman–Crippen MR) is 100 cm³/mol. The summed E-state index contributed by atoms with van der Waals surface area (Å²) in [5.74, 6) is -1.33. The molecule has 29 heavy (non-hydrogen) atoms. The Balaban J connectivity index is 1.76. The third-order valence-corrected chi connectivity index (χ3v) is 5.03. The fourth-order valence-corrected chi connectivity index (χ4v) is 3.56. The van der Waals surface area contributed by atoms with E-state index in [0.29, 0.717) is 13.1 Å². The van der Waals surface area contributed by atoms with E-state index in [4.69, 9.17) is 0 Å².